The number of halogens is 2. The van der Waals surface area contributed by atoms with Crippen molar-refractivity contribution in [2.45, 2.75) is 0 Å². The Morgan fingerprint density at radius 2 is 1.95 bits per heavy atom. The molecule has 0 aliphatic heterocycles. The van der Waals surface area contributed by atoms with Gasteiger partial charge in [-0.1, -0.05) is 29.8 Å². The van der Waals surface area contributed by atoms with E-state index < -0.39 is 23.3 Å². The fourth-order valence-corrected chi connectivity index (χ4v) is 2.14. The second-order valence-electron chi connectivity index (χ2n) is 4.15. The summed E-state index contributed by atoms with van der Waals surface area (Å²) in [5, 5.41) is 9.29. The van der Waals surface area contributed by atoms with Crippen LogP contribution >= 0.6 is 11.6 Å². The maximum Gasteiger partial charge on any atom is 0.339 e. The maximum atomic E-state index is 13.7. The molecule has 108 valence electrons. The molecule has 4 nitrogen and oxygen atoms in total. The van der Waals surface area contributed by atoms with Gasteiger partial charge in [-0.15, -0.1) is 0 Å². The molecule has 2 aromatic carbocycles. The monoisotopic (exact) mass is 308 g/mol. The molecule has 0 amide bonds. The van der Waals surface area contributed by atoms with Crippen LogP contribution in [-0.2, 0) is 4.74 Å². The number of carbonyl (C=O) groups excluding carboxylic acids is 1. The number of rotatable bonds is 3. The van der Waals surface area contributed by atoms with Crippen LogP contribution in [0.3, 0.4) is 0 Å². The van der Waals surface area contributed by atoms with E-state index in [-0.39, 0.29) is 16.1 Å². The van der Waals surface area contributed by atoms with Crippen LogP contribution in [0.5, 0.6) is 0 Å². The zero-order chi connectivity index (χ0) is 15.6. The van der Waals surface area contributed by atoms with E-state index in [0.29, 0.717) is 5.56 Å². The molecule has 0 heterocycles. The number of carboxylic acids is 1. The summed E-state index contributed by atoms with van der Waals surface area (Å²) in [6.45, 7) is 0. The highest BCUT2D eigenvalue weighted by Gasteiger charge is 2.19. The standard InChI is InChI=1S/C15H10ClFO4/c1-21-15(20)10-7-8(5-6-11(10)16)9-3-2-4-12(17)13(9)14(18)19/h2-7H,1H3,(H,18,19). The fraction of sp³-hybridized carbons (Fsp3) is 0.0667. The first-order chi connectivity index (χ1) is 9.95. The molecule has 21 heavy (non-hydrogen) atoms. The van der Waals surface area contributed by atoms with Crippen LogP contribution in [-0.4, -0.2) is 24.2 Å². The summed E-state index contributed by atoms with van der Waals surface area (Å²) >= 11 is 5.90. The van der Waals surface area contributed by atoms with Crippen LogP contribution in [0.25, 0.3) is 11.1 Å². The van der Waals surface area contributed by atoms with Gasteiger partial charge in [0.15, 0.2) is 0 Å². The Morgan fingerprint density at radius 3 is 2.57 bits per heavy atom. The van der Waals surface area contributed by atoms with Crippen molar-refractivity contribution in [1.82, 2.24) is 0 Å². The molecular weight excluding hydrogens is 299 g/mol. The molecule has 0 unspecified atom stereocenters. The van der Waals surface area contributed by atoms with Crippen LogP contribution < -0.4 is 0 Å². The van der Waals surface area contributed by atoms with Gasteiger partial charge in [0.1, 0.15) is 11.4 Å². The zero-order valence-corrected chi connectivity index (χ0v) is 11.6. The van der Waals surface area contributed by atoms with E-state index in [1.165, 1.54) is 37.4 Å². The second kappa shape index (κ2) is 5.93. The normalized spacial score (nSPS) is 10.2. The molecule has 0 aliphatic carbocycles. The first kappa shape index (κ1) is 15.0. The van der Waals surface area contributed by atoms with Crippen LogP contribution in [0, 0.1) is 5.82 Å². The lowest BCUT2D eigenvalue weighted by Crippen LogP contribution is -2.05. The number of hydrogen-bond donors (Lipinski definition) is 1. The van der Waals surface area contributed by atoms with Crippen LogP contribution in [0.2, 0.25) is 5.02 Å². The highest BCUT2D eigenvalue weighted by atomic mass is 35.5. The van der Waals surface area contributed by atoms with Gasteiger partial charge in [-0.05, 0) is 29.3 Å². The number of hydrogen-bond acceptors (Lipinski definition) is 3. The van der Waals surface area contributed by atoms with E-state index in [4.69, 9.17) is 16.7 Å². The Balaban J connectivity index is 2.66. The first-order valence-corrected chi connectivity index (χ1v) is 6.23. The number of aromatic carboxylic acids is 1. The molecule has 6 heteroatoms. The topological polar surface area (TPSA) is 63.6 Å². The van der Waals surface area contributed by atoms with Gasteiger partial charge in [0, 0.05) is 0 Å². The van der Waals surface area contributed by atoms with Gasteiger partial charge in [0.25, 0.3) is 0 Å². The third kappa shape index (κ3) is 2.87. The van der Waals surface area contributed by atoms with Gasteiger partial charge >= 0.3 is 11.9 Å². The molecule has 0 saturated carbocycles. The third-order valence-electron chi connectivity index (χ3n) is 2.91. The largest absolute Gasteiger partial charge is 0.478 e. The van der Waals surface area contributed by atoms with Crippen molar-refractivity contribution < 1.29 is 23.8 Å². The number of methoxy groups -OCH3 is 1. The van der Waals surface area contributed by atoms with E-state index in [0.717, 1.165) is 6.07 Å². The molecular formula is C15H10ClFO4. The highest BCUT2D eigenvalue weighted by molar-refractivity contribution is 6.33. The van der Waals surface area contributed by atoms with E-state index in [9.17, 15) is 14.0 Å². The summed E-state index contributed by atoms with van der Waals surface area (Å²) in [5.41, 5.74) is 0.133. The minimum absolute atomic E-state index is 0.0808. The summed E-state index contributed by atoms with van der Waals surface area (Å²) in [7, 11) is 1.20. The smallest absolute Gasteiger partial charge is 0.339 e. The van der Waals surface area contributed by atoms with E-state index in [1.54, 1.807) is 0 Å². The van der Waals surface area contributed by atoms with Crippen molar-refractivity contribution in [2.75, 3.05) is 7.11 Å². The van der Waals surface area contributed by atoms with E-state index in [2.05, 4.69) is 4.74 Å². The van der Waals surface area contributed by atoms with Crippen molar-refractivity contribution in [1.29, 1.82) is 0 Å². The molecule has 0 aliphatic rings. The molecule has 1 N–H and O–H groups in total. The van der Waals surface area contributed by atoms with Crippen molar-refractivity contribution >= 4 is 23.5 Å². The molecule has 0 radical (unpaired) electrons. The molecule has 0 aromatic heterocycles. The lowest BCUT2D eigenvalue weighted by Gasteiger charge is -2.09. The number of benzene rings is 2. The van der Waals surface area contributed by atoms with Gasteiger partial charge < -0.3 is 9.84 Å². The van der Waals surface area contributed by atoms with Gasteiger partial charge in [-0.3, -0.25) is 0 Å². The summed E-state index contributed by atoms with van der Waals surface area (Å²) in [5.74, 6) is -2.90. The van der Waals surface area contributed by atoms with E-state index >= 15 is 0 Å². The molecule has 0 saturated heterocycles. The summed E-state index contributed by atoms with van der Waals surface area (Å²) in [6.07, 6.45) is 0. The Morgan fingerprint density at radius 1 is 1.24 bits per heavy atom. The second-order valence-corrected chi connectivity index (χ2v) is 4.56. The van der Waals surface area contributed by atoms with Gasteiger partial charge in [-0.2, -0.15) is 0 Å². The van der Waals surface area contributed by atoms with Crippen molar-refractivity contribution in [3.63, 3.8) is 0 Å². The van der Waals surface area contributed by atoms with Gasteiger partial charge in [0.2, 0.25) is 0 Å². The summed E-state index contributed by atoms with van der Waals surface area (Å²) in [4.78, 5) is 22.8. The minimum atomic E-state index is -1.39. The Kier molecular flexibility index (Phi) is 4.23. The molecule has 0 fully saturated rings. The average molecular weight is 309 g/mol. The zero-order valence-electron chi connectivity index (χ0n) is 10.9. The number of carbonyl (C=O) groups is 2. The lowest BCUT2D eigenvalue weighted by atomic mass is 9.97. The fourth-order valence-electron chi connectivity index (χ4n) is 1.94. The van der Waals surface area contributed by atoms with Crippen molar-refractivity contribution in [3.05, 3.63) is 58.4 Å². The van der Waals surface area contributed by atoms with Crippen LogP contribution in [0.1, 0.15) is 20.7 Å². The molecule has 0 atom stereocenters. The lowest BCUT2D eigenvalue weighted by molar-refractivity contribution is 0.0600. The number of ether oxygens (including phenoxy) is 1. The summed E-state index contributed by atoms with van der Waals surface area (Å²) < 4.78 is 18.3. The first-order valence-electron chi connectivity index (χ1n) is 5.85. The minimum Gasteiger partial charge on any atom is -0.478 e. The number of carboxylic acid groups (broad SMARTS) is 1. The van der Waals surface area contributed by atoms with Crippen molar-refractivity contribution in [3.8, 4) is 11.1 Å². The Hall–Kier alpha value is -2.40. The predicted octanol–water partition coefficient (Wildman–Crippen LogP) is 3.63. The molecule has 0 bridgehead atoms. The molecule has 2 rings (SSSR count). The average Bonchev–Trinajstić information content (AvgIpc) is 2.46. The maximum absolute atomic E-state index is 13.7. The Labute approximate surface area is 124 Å². The Bertz CT molecular complexity index is 728. The van der Waals surface area contributed by atoms with E-state index in [1.807, 2.05) is 0 Å². The van der Waals surface area contributed by atoms with Gasteiger partial charge in [0.05, 0.1) is 17.7 Å². The predicted molar refractivity (Wildman–Crippen MR) is 75.1 cm³/mol. The quantitative estimate of drug-likeness (QED) is 0.879. The van der Waals surface area contributed by atoms with Crippen LogP contribution in [0.4, 0.5) is 4.39 Å². The summed E-state index contributed by atoms with van der Waals surface area (Å²) in [6, 6.07) is 8.22. The molecule has 2 aromatic rings. The highest BCUT2D eigenvalue weighted by Crippen LogP contribution is 2.29. The molecule has 0 spiro atoms. The van der Waals surface area contributed by atoms with Gasteiger partial charge in [-0.25, -0.2) is 14.0 Å². The number of esters is 1. The SMILES string of the molecule is COC(=O)c1cc(-c2cccc(F)c2C(=O)O)ccc1Cl. The van der Waals surface area contributed by atoms with Crippen molar-refractivity contribution in [2.24, 2.45) is 0 Å². The third-order valence-corrected chi connectivity index (χ3v) is 3.24. The van der Waals surface area contributed by atoms with Crippen LogP contribution in [0.15, 0.2) is 36.4 Å².